The van der Waals surface area contributed by atoms with Gasteiger partial charge in [-0.2, -0.15) is 0 Å². The Labute approximate surface area is 120 Å². The van der Waals surface area contributed by atoms with E-state index in [-0.39, 0.29) is 0 Å². The zero-order chi connectivity index (χ0) is 13.9. The van der Waals surface area contributed by atoms with Gasteiger partial charge in [-0.15, -0.1) is 0 Å². The van der Waals surface area contributed by atoms with Gasteiger partial charge >= 0.3 is 0 Å². The van der Waals surface area contributed by atoms with Crippen molar-refractivity contribution < 1.29 is 4.42 Å². The number of nitrogens with two attached hydrogens (primary N) is 1. The van der Waals surface area contributed by atoms with E-state index in [1.807, 2.05) is 6.92 Å². The van der Waals surface area contributed by atoms with Crippen molar-refractivity contribution in [2.75, 3.05) is 0 Å². The SMILES string of the molecule is Cc1nc(CN)oc1-c1ccc(C2CCCCC2)cc1. The molecule has 0 radical (unpaired) electrons. The predicted molar refractivity (Wildman–Crippen MR) is 80.4 cm³/mol. The van der Waals surface area contributed by atoms with Gasteiger partial charge in [0.1, 0.15) is 0 Å². The molecule has 0 spiro atoms. The molecular weight excluding hydrogens is 248 g/mol. The molecule has 1 fully saturated rings. The highest BCUT2D eigenvalue weighted by molar-refractivity contribution is 5.60. The maximum Gasteiger partial charge on any atom is 0.208 e. The van der Waals surface area contributed by atoms with E-state index in [2.05, 4.69) is 29.2 Å². The van der Waals surface area contributed by atoms with Crippen molar-refractivity contribution in [3.63, 3.8) is 0 Å². The molecule has 0 amide bonds. The second-order valence-electron chi connectivity index (χ2n) is 5.68. The van der Waals surface area contributed by atoms with Crippen LogP contribution in [0.25, 0.3) is 11.3 Å². The van der Waals surface area contributed by atoms with Crippen LogP contribution in [-0.4, -0.2) is 4.98 Å². The lowest BCUT2D eigenvalue weighted by Gasteiger charge is -2.22. The highest BCUT2D eigenvalue weighted by atomic mass is 16.4. The van der Waals surface area contributed by atoms with Crippen LogP contribution < -0.4 is 5.73 Å². The van der Waals surface area contributed by atoms with Crippen LogP contribution in [0.15, 0.2) is 28.7 Å². The van der Waals surface area contributed by atoms with Crippen LogP contribution in [0.1, 0.15) is 55.2 Å². The van der Waals surface area contributed by atoms with E-state index in [4.69, 9.17) is 10.2 Å². The number of hydrogen-bond acceptors (Lipinski definition) is 3. The first kappa shape index (κ1) is 13.4. The number of rotatable bonds is 3. The van der Waals surface area contributed by atoms with Crippen LogP contribution in [0.3, 0.4) is 0 Å². The van der Waals surface area contributed by atoms with Crippen LogP contribution in [-0.2, 0) is 6.54 Å². The van der Waals surface area contributed by atoms with E-state index in [1.54, 1.807) is 0 Å². The molecule has 0 atom stereocenters. The molecule has 20 heavy (non-hydrogen) atoms. The third kappa shape index (κ3) is 2.63. The largest absolute Gasteiger partial charge is 0.439 e. The summed E-state index contributed by atoms with van der Waals surface area (Å²) in [6.07, 6.45) is 6.80. The summed E-state index contributed by atoms with van der Waals surface area (Å²) in [6, 6.07) is 8.79. The molecule has 0 aliphatic heterocycles. The first-order valence-corrected chi connectivity index (χ1v) is 7.54. The van der Waals surface area contributed by atoms with E-state index >= 15 is 0 Å². The molecule has 3 heteroatoms. The lowest BCUT2D eigenvalue weighted by Crippen LogP contribution is -2.04. The molecule has 1 saturated carbocycles. The Balaban J connectivity index is 1.83. The van der Waals surface area contributed by atoms with Gasteiger partial charge in [0.15, 0.2) is 5.76 Å². The minimum absolute atomic E-state index is 0.348. The Morgan fingerprint density at radius 3 is 2.45 bits per heavy atom. The third-order valence-corrected chi connectivity index (χ3v) is 4.26. The average molecular weight is 270 g/mol. The molecule has 0 bridgehead atoms. The fourth-order valence-corrected chi connectivity index (χ4v) is 3.15. The summed E-state index contributed by atoms with van der Waals surface area (Å²) >= 11 is 0. The zero-order valence-corrected chi connectivity index (χ0v) is 12.1. The summed E-state index contributed by atoms with van der Waals surface area (Å²) in [5.41, 5.74) is 9.04. The lowest BCUT2D eigenvalue weighted by atomic mass is 9.84. The normalized spacial score (nSPS) is 16.5. The zero-order valence-electron chi connectivity index (χ0n) is 12.1. The molecule has 106 valence electrons. The molecule has 3 rings (SSSR count). The first-order chi connectivity index (χ1) is 9.78. The van der Waals surface area contributed by atoms with Gasteiger partial charge in [0.25, 0.3) is 0 Å². The lowest BCUT2D eigenvalue weighted by molar-refractivity contribution is 0.443. The second-order valence-corrected chi connectivity index (χ2v) is 5.68. The Morgan fingerprint density at radius 2 is 1.85 bits per heavy atom. The van der Waals surface area contributed by atoms with Crippen LogP contribution in [0.4, 0.5) is 0 Å². The van der Waals surface area contributed by atoms with Gasteiger partial charge in [0.05, 0.1) is 12.2 Å². The van der Waals surface area contributed by atoms with Gasteiger partial charge in [-0.3, -0.25) is 0 Å². The van der Waals surface area contributed by atoms with Crippen molar-refractivity contribution >= 4 is 0 Å². The highest BCUT2D eigenvalue weighted by Crippen LogP contribution is 2.34. The molecule has 0 saturated heterocycles. The van der Waals surface area contributed by atoms with Crippen molar-refractivity contribution in [2.24, 2.45) is 5.73 Å². The van der Waals surface area contributed by atoms with Crippen LogP contribution in [0.5, 0.6) is 0 Å². The fraction of sp³-hybridized carbons (Fsp3) is 0.471. The van der Waals surface area contributed by atoms with Gasteiger partial charge in [-0.1, -0.05) is 43.5 Å². The summed E-state index contributed by atoms with van der Waals surface area (Å²) in [4.78, 5) is 4.33. The second kappa shape index (κ2) is 5.80. The summed E-state index contributed by atoms with van der Waals surface area (Å²) < 4.78 is 5.70. The average Bonchev–Trinajstić information content (AvgIpc) is 2.89. The molecule has 2 N–H and O–H groups in total. The standard InChI is InChI=1S/C17H22N2O/c1-12-17(20-16(11-18)19-12)15-9-7-14(8-10-15)13-5-3-2-4-6-13/h7-10,13H,2-6,11,18H2,1H3. The van der Waals surface area contributed by atoms with E-state index < -0.39 is 0 Å². The molecule has 2 aromatic rings. The first-order valence-electron chi connectivity index (χ1n) is 7.54. The third-order valence-electron chi connectivity index (χ3n) is 4.26. The quantitative estimate of drug-likeness (QED) is 0.911. The molecule has 1 aromatic carbocycles. The molecule has 3 nitrogen and oxygen atoms in total. The summed E-state index contributed by atoms with van der Waals surface area (Å²) in [5.74, 6) is 2.20. The topological polar surface area (TPSA) is 52.0 Å². The Hall–Kier alpha value is -1.61. The van der Waals surface area contributed by atoms with E-state index in [1.165, 1.54) is 37.7 Å². The van der Waals surface area contributed by atoms with E-state index in [0.717, 1.165) is 22.9 Å². The van der Waals surface area contributed by atoms with E-state index in [0.29, 0.717) is 12.4 Å². The van der Waals surface area contributed by atoms with Crippen LogP contribution in [0, 0.1) is 6.92 Å². The van der Waals surface area contributed by atoms with Crippen molar-refractivity contribution in [3.05, 3.63) is 41.4 Å². The van der Waals surface area contributed by atoms with Gasteiger partial charge in [-0.05, 0) is 31.2 Å². The summed E-state index contributed by atoms with van der Waals surface area (Å²) in [7, 11) is 0. The van der Waals surface area contributed by atoms with E-state index in [9.17, 15) is 0 Å². The summed E-state index contributed by atoms with van der Waals surface area (Å²) in [5, 5.41) is 0. The van der Waals surface area contributed by atoms with Gasteiger partial charge in [0, 0.05) is 5.56 Å². The highest BCUT2D eigenvalue weighted by Gasteiger charge is 2.16. The Kier molecular flexibility index (Phi) is 3.88. The van der Waals surface area contributed by atoms with Crippen molar-refractivity contribution in [1.29, 1.82) is 0 Å². The number of benzene rings is 1. The number of hydrogen-bond donors (Lipinski definition) is 1. The number of aromatic nitrogens is 1. The molecule has 1 aromatic heterocycles. The minimum atomic E-state index is 0.348. The number of oxazole rings is 1. The smallest absolute Gasteiger partial charge is 0.208 e. The molecule has 0 unspecified atom stereocenters. The van der Waals surface area contributed by atoms with Crippen LogP contribution in [0.2, 0.25) is 0 Å². The Morgan fingerprint density at radius 1 is 1.15 bits per heavy atom. The van der Waals surface area contributed by atoms with Crippen molar-refractivity contribution in [2.45, 2.75) is 51.5 Å². The maximum atomic E-state index is 5.70. The van der Waals surface area contributed by atoms with Crippen molar-refractivity contribution in [1.82, 2.24) is 4.98 Å². The monoisotopic (exact) mass is 270 g/mol. The molecule has 1 aliphatic rings. The molecule has 1 heterocycles. The van der Waals surface area contributed by atoms with Gasteiger partial charge < -0.3 is 10.2 Å². The number of nitrogens with zero attached hydrogens (tertiary/aromatic N) is 1. The fourth-order valence-electron chi connectivity index (χ4n) is 3.15. The minimum Gasteiger partial charge on any atom is -0.439 e. The summed E-state index contributed by atoms with van der Waals surface area (Å²) in [6.45, 7) is 2.31. The predicted octanol–water partition coefficient (Wildman–Crippen LogP) is 4.16. The van der Waals surface area contributed by atoms with Crippen molar-refractivity contribution in [3.8, 4) is 11.3 Å². The van der Waals surface area contributed by atoms with Gasteiger partial charge in [-0.25, -0.2) is 4.98 Å². The molecular formula is C17H22N2O. The van der Waals surface area contributed by atoms with Gasteiger partial charge in [0.2, 0.25) is 5.89 Å². The van der Waals surface area contributed by atoms with Crippen LogP contribution >= 0.6 is 0 Å². The molecule has 1 aliphatic carbocycles. The number of aryl methyl sites for hydroxylation is 1. The Bertz CT molecular complexity index is 565. The maximum absolute atomic E-state index is 5.70.